The molecule has 0 bridgehead atoms. The maximum Gasteiger partial charge on any atom is 0.336 e. The number of aryl methyl sites for hydroxylation is 1. The number of rotatable bonds is 3. The van der Waals surface area contributed by atoms with Gasteiger partial charge in [-0.3, -0.25) is 10.1 Å². The molecule has 2 aromatic rings. The quantitative estimate of drug-likeness (QED) is 0.521. The molecule has 3 rings (SSSR count). The van der Waals surface area contributed by atoms with E-state index in [0.29, 0.717) is 16.8 Å². The molecule has 1 aliphatic heterocycles. The van der Waals surface area contributed by atoms with Gasteiger partial charge in [0.05, 0.1) is 23.5 Å². The van der Waals surface area contributed by atoms with Crippen molar-refractivity contribution in [3.8, 4) is 0 Å². The van der Waals surface area contributed by atoms with Crippen LogP contribution in [-0.2, 0) is 9.53 Å². The number of ether oxygens (including phenoxy) is 1. The van der Waals surface area contributed by atoms with Gasteiger partial charge < -0.3 is 10.1 Å². The molecule has 25 heavy (non-hydrogen) atoms. The number of fused-ring (bicyclic) bond motifs is 1. The molecule has 0 saturated carbocycles. The molecule has 1 aliphatic rings. The Balaban J connectivity index is 2.32. The van der Waals surface area contributed by atoms with Gasteiger partial charge in [0.25, 0.3) is 5.69 Å². The van der Waals surface area contributed by atoms with Crippen molar-refractivity contribution >= 4 is 17.3 Å². The molecule has 0 spiro atoms. The summed E-state index contributed by atoms with van der Waals surface area (Å²) < 4.78 is 4.95. The number of nitro groups is 1. The maximum atomic E-state index is 12.4. The van der Waals surface area contributed by atoms with Gasteiger partial charge in [0.15, 0.2) is 0 Å². The zero-order valence-corrected chi connectivity index (χ0v) is 14.2. The lowest BCUT2D eigenvalue weighted by molar-refractivity contribution is -0.385. The third-order valence-electron chi connectivity index (χ3n) is 4.38. The van der Waals surface area contributed by atoms with Gasteiger partial charge >= 0.3 is 5.97 Å². The normalized spacial score (nSPS) is 16.0. The third kappa shape index (κ3) is 2.87. The van der Waals surface area contributed by atoms with Crippen LogP contribution in [0.25, 0.3) is 0 Å². The molecule has 1 heterocycles. The van der Waals surface area contributed by atoms with Crippen molar-refractivity contribution < 1.29 is 14.5 Å². The summed E-state index contributed by atoms with van der Waals surface area (Å²) in [5.41, 5.74) is 4.13. The summed E-state index contributed by atoms with van der Waals surface area (Å²) in [7, 11) is 1.31. The maximum absolute atomic E-state index is 12.4. The number of carbonyl (C=O) groups is 1. The van der Waals surface area contributed by atoms with E-state index in [0.717, 1.165) is 16.8 Å². The number of allylic oxidation sites excluding steroid dienone is 1. The van der Waals surface area contributed by atoms with Crippen molar-refractivity contribution in [3.05, 3.63) is 80.5 Å². The second-order valence-electron chi connectivity index (χ2n) is 5.99. The average molecular weight is 338 g/mol. The van der Waals surface area contributed by atoms with E-state index in [1.165, 1.54) is 13.2 Å². The number of nitrogens with one attached hydrogen (secondary N) is 1. The number of hydrogen-bond donors (Lipinski definition) is 1. The Kier molecular flexibility index (Phi) is 4.27. The summed E-state index contributed by atoms with van der Waals surface area (Å²) in [4.78, 5) is 23.6. The van der Waals surface area contributed by atoms with Gasteiger partial charge in [-0.05, 0) is 25.5 Å². The third-order valence-corrected chi connectivity index (χ3v) is 4.38. The van der Waals surface area contributed by atoms with Gasteiger partial charge in [-0.25, -0.2) is 4.79 Å². The minimum absolute atomic E-state index is 0.0175. The van der Waals surface area contributed by atoms with E-state index in [4.69, 9.17) is 4.74 Å². The number of carbonyl (C=O) groups excluding carboxylic acids is 1. The van der Waals surface area contributed by atoms with Crippen LogP contribution >= 0.6 is 0 Å². The second kappa shape index (κ2) is 6.39. The Morgan fingerprint density at radius 1 is 1.16 bits per heavy atom. The van der Waals surface area contributed by atoms with E-state index >= 15 is 0 Å². The fraction of sp³-hybridized carbons (Fsp3) is 0.211. The molecule has 0 saturated heterocycles. The highest BCUT2D eigenvalue weighted by atomic mass is 16.6. The minimum atomic E-state index is -0.565. The molecule has 0 aromatic heterocycles. The van der Waals surface area contributed by atoms with Gasteiger partial charge in [0.2, 0.25) is 0 Å². The first-order chi connectivity index (χ1) is 11.9. The summed E-state index contributed by atoms with van der Waals surface area (Å²) >= 11 is 0. The summed E-state index contributed by atoms with van der Waals surface area (Å²) in [5, 5.41) is 14.7. The lowest BCUT2D eigenvalue weighted by atomic mass is 9.79. The predicted octanol–water partition coefficient (Wildman–Crippen LogP) is 3.91. The average Bonchev–Trinajstić information content (AvgIpc) is 2.60. The Labute approximate surface area is 145 Å². The van der Waals surface area contributed by atoms with Crippen molar-refractivity contribution in [2.45, 2.75) is 19.8 Å². The number of para-hydroxylation sites is 1. The lowest BCUT2D eigenvalue weighted by Gasteiger charge is -2.30. The monoisotopic (exact) mass is 338 g/mol. The standard InChI is InChI=1S/C19H18N2O4/c1-11-8-9-15-14(10-11)18(17(12(2)20-15)19(22)25-3)13-6-4-5-7-16(13)21(23)24/h4-10,18,20H,1-3H3. The summed E-state index contributed by atoms with van der Waals surface area (Å²) in [5.74, 6) is -1.06. The van der Waals surface area contributed by atoms with Crippen molar-refractivity contribution in [3.63, 3.8) is 0 Å². The van der Waals surface area contributed by atoms with E-state index in [1.807, 2.05) is 25.1 Å². The molecule has 6 heteroatoms. The fourth-order valence-electron chi connectivity index (χ4n) is 3.28. The number of nitro benzene ring substituents is 1. The summed E-state index contributed by atoms with van der Waals surface area (Å²) in [6, 6.07) is 12.3. The molecule has 0 fully saturated rings. The largest absolute Gasteiger partial charge is 0.466 e. The van der Waals surface area contributed by atoms with Crippen molar-refractivity contribution in [1.29, 1.82) is 0 Å². The van der Waals surface area contributed by atoms with Gasteiger partial charge in [0, 0.05) is 23.0 Å². The molecule has 0 aliphatic carbocycles. The van der Waals surface area contributed by atoms with E-state index < -0.39 is 16.8 Å². The van der Waals surface area contributed by atoms with E-state index in [1.54, 1.807) is 25.1 Å². The van der Waals surface area contributed by atoms with Crippen LogP contribution in [0.3, 0.4) is 0 Å². The minimum Gasteiger partial charge on any atom is -0.466 e. The van der Waals surface area contributed by atoms with Crippen LogP contribution in [0.5, 0.6) is 0 Å². The number of esters is 1. The van der Waals surface area contributed by atoms with Gasteiger partial charge in [-0.1, -0.05) is 35.9 Å². The fourth-order valence-corrected chi connectivity index (χ4v) is 3.28. The van der Waals surface area contributed by atoms with E-state index in [9.17, 15) is 14.9 Å². The van der Waals surface area contributed by atoms with Gasteiger partial charge in [-0.2, -0.15) is 0 Å². The molecule has 1 N–H and O–H groups in total. The van der Waals surface area contributed by atoms with Crippen LogP contribution in [0.2, 0.25) is 0 Å². The van der Waals surface area contributed by atoms with Crippen LogP contribution in [-0.4, -0.2) is 18.0 Å². The Bertz CT molecular complexity index is 902. The van der Waals surface area contributed by atoms with Crippen LogP contribution in [0.1, 0.15) is 29.5 Å². The molecule has 0 radical (unpaired) electrons. The molecule has 128 valence electrons. The highest BCUT2D eigenvalue weighted by Gasteiger charge is 2.36. The summed E-state index contributed by atoms with van der Waals surface area (Å²) in [6.45, 7) is 3.72. The molecule has 6 nitrogen and oxygen atoms in total. The van der Waals surface area contributed by atoms with Crippen molar-refractivity contribution in [2.24, 2.45) is 0 Å². The number of methoxy groups -OCH3 is 1. The van der Waals surface area contributed by atoms with E-state index in [2.05, 4.69) is 5.32 Å². The molecular formula is C19H18N2O4. The highest BCUT2D eigenvalue weighted by molar-refractivity contribution is 5.95. The van der Waals surface area contributed by atoms with Crippen molar-refractivity contribution in [1.82, 2.24) is 0 Å². The second-order valence-corrected chi connectivity index (χ2v) is 5.99. The zero-order valence-electron chi connectivity index (χ0n) is 14.2. The van der Waals surface area contributed by atoms with E-state index in [-0.39, 0.29) is 5.69 Å². The molecule has 1 unspecified atom stereocenters. The van der Waals surface area contributed by atoms with Gasteiger partial charge in [0.1, 0.15) is 0 Å². The van der Waals surface area contributed by atoms with Crippen LogP contribution in [0, 0.1) is 17.0 Å². The van der Waals surface area contributed by atoms with Crippen LogP contribution in [0.15, 0.2) is 53.7 Å². The van der Waals surface area contributed by atoms with Crippen molar-refractivity contribution in [2.75, 3.05) is 12.4 Å². The SMILES string of the molecule is COC(=O)C1=C(C)Nc2ccc(C)cc2C1c1ccccc1[N+](=O)[O-]. The first-order valence-corrected chi connectivity index (χ1v) is 7.84. The molecule has 1 atom stereocenters. The highest BCUT2D eigenvalue weighted by Crippen LogP contribution is 2.45. The van der Waals surface area contributed by atoms with Gasteiger partial charge in [-0.15, -0.1) is 0 Å². The Morgan fingerprint density at radius 2 is 1.88 bits per heavy atom. The molecule has 2 aromatic carbocycles. The molecule has 0 amide bonds. The first-order valence-electron chi connectivity index (χ1n) is 7.84. The summed E-state index contributed by atoms with van der Waals surface area (Å²) in [6.07, 6.45) is 0. The molecular weight excluding hydrogens is 320 g/mol. The Hall–Kier alpha value is -3.15. The smallest absolute Gasteiger partial charge is 0.336 e. The number of anilines is 1. The first kappa shape index (κ1) is 16.7. The predicted molar refractivity (Wildman–Crippen MR) is 94.5 cm³/mol. The topological polar surface area (TPSA) is 81.5 Å². The zero-order chi connectivity index (χ0) is 18.1. The van der Waals surface area contributed by atoms with Crippen LogP contribution < -0.4 is 5.32 Å². The Morgan fingerprint density at radius 3 is 2.56 bits per heavy atom. The number of nitrogens with zero attached hydrogens (tertiary/aromatic N) is 1. The number of hydrogen-bond acceptors (Lipinski definition) is 5. The number of benzene rings is 2. The van der Waals surface area contributed by atoms with Crippen LogP contribution in [0.4, 0.5) is 11.4 Å². The lowest BCUT2D eigenvalue weighted by Crippen LogP contribution is -2.24.